The third-order valence-corrected chi connectivity index (χ3v) is 4.03. The summed E-state index contributed by atoms with van der Waals surface area (Å²) in [6.07, 6.45) is 1.77. The van der Waals surface area contributed by atoms with Crippen LogP contribution in [-0.4, -0.2) is 20.3 Å². The fraction of sp³-hybridized carbons (Fsp3) is 0.368. The molecule has 0 aliphatic heterocycles. The first-order valence-corrected chi connectivity index (χ1v) is 8.31. The molecule has 2 aromatic carbocycles. The second-order valence-corrected chi connectivity index (χ2v) is 5.95. The lowest BCUT2D eigenvalue weighted by molar-refractivity contribution is 0.317. The highest BCUT2D eigenvalue weighted by molar-refractivity contribution is 6.30. The molecule has 0 saturated heterocycles. The number of benzene rings is 2. The fourth-order valence-corrected chi connectivity index (χ4v) is 2.78. The molecular formula is C19H24ClNO2. The van der Waals surface area contributed by atoms with Gasteiger partial charge in [0, 0.05) is 10.9 Å². The average molecular weight is 334 g/mol. The molecule has 0 aromatic heterocycles. The van der Waals surface area contributed by atoms with Gasteiger partial charge in [0.05, 0.1) is 13.7 Å². The zero-order valence-electron chi connectivity index (χ0n) is 13.7. The largest absolute Gasteiger partial charge is 0.496 e. The van der Waals surface area contributed by atoms with E-state index in [0.29, 0.717) is 11.6 Å². The molecule has 2 rings (SSSR count). The van der Waals surface area contributed by atoms with Crippen molar-refractivity contribution in [3.05, 3.63) is 58.6 Å². The highest BCUT2D eigenvalue weighted by Gasteiger charge is 2.15. The second kappa shape index (κ2) is 8.80. The van der Waals surface area contributed by atoms with E-state index >= 15 is 0 Å². The highest BCUT2D eigenvalue weighted by atomic mass is 35.5. The molecule has 1 unspecified atom stereocenters. The van der Waals surface area contributed by atoms with Crippen molar-refractivity contribution >= 4 is 11.6 Å². The van der Waals surface area contributed by atoms with Crippen molar-refractivity contribution in [1.29, 1.82) is 0 Å². The van der Waals surface area contributed by atoms with Gasteiger partial charge >= 0.3 is 0 Å². The third-order valence-electron chi connectivity index (χ3n) is 3.80. The number of ether oxygens (including phenoxy) is 2. The first-order chi connectivity index (χ1) is 11.2. The molecule has 3 nitrogen and oxygen atoms in total. The van der Waals surface area contributed by atoms with Gasteiger partial charge in [-0.2, -0.15) is 0 Å². The van der Waals surface area contributed by atoms with Crippen LogP contribution in [0, 0.1) is 0 Å². The molecule has 2 N–H and O–H groups in total. The van der Waals surface area contributed by atoms with Crippen LogP contribution in [0.5, 0.6) is 11.5 Å². The van der Waals surface area contributed by atoms with Crippen LogP contribution in [-0.2, 0) is 6.42 Å². The van der Waals surface area contributed by atoms with E-state index < -0.39 is 0 Å². The lowest BCUT2D eigenvalue weighted by Crippen LogP contribution is -2.15. The highest BCUT2D eigenvalue weighted by Crippen LogP contribution is 2.29. The Kier molecular flexibility index (Phi) is 6.75. The molecule has 0 heterocycles. The molecule has 0 radical (unpaired) electrons. The van der Waals surface area contributed by atoms with Crippen LogP contribution in [0.4, 0.5) is 0 Å². The van der Waals surface area contributed by atoms with Crippen molar-refractivity contribution in [3.63, 3.8) is 0 Å². The zero-order valence-corrected chi connectivity index (χ0v) is 14.5. The lowest BCUT2D eigenvalue weighted by Gasteiger charge is -2.18. The van der Waals surface area contributed by atoms with Gasteiger partial charge in [-0.25, -0.2) is 0 Å². The third kappa shape index (κ3) is 4.88. The zero-order chi connectivity index (χ0) is 16.7. The Morgan fingerprint density at radius 1 is 1.17 bits per heavy atom. The van der Waals surface area contributed by atoms with Crippen molar-refractivity contribution in [2.24, 2.45) is 5.73 Å². The Hall–Kier alpha value is -1.71. The Bertz CT molecular complexity index is 631. The molecule has 124 valence electrons. The SMILES string of the molecule is CCCOc1cccc(C(CN)Cc2cc(Cl)ccc2OC)c1. The van der Waals surface area contributed by atoms with Crippen LogP contribution < -0.4 is 15.2 Å². The van der Waals surface area contributed by atoms with Crippen molar-refractivity contribution in [1.82, 2.24) is 0 Å². The van der Waals surface area contributed by atoms with Gasteiger partial charge in [0.1, 0.15) is 11.5 Å². The number of methoxy groups -OCH3 is 1. The van der Waals surface area contributed by atoms with Gasteiger partial charge in [0.2, 0.25) is 0 Å². The van der Waals surface area contributed by atoms with E-state index in [4.69, 9.17) is 26.8 Å². The fourth-order valence-electron chi connectivity index (χ4n) is 2.59. The summed E-state index contributed by atoms with van der Waals surface area (Å²) in [6, 6.07) is 13.8. The summed E-state index contributed by atoms with van der Waals surface area (Å²) in [7, 11) is 1.67. The molecule has 0 bridgehead atoms. The van der Waals surface area contributed by atoms with Gasteiger partial charge in [-0.15, -0.1) is 0 Å². The monoisotopic (exact) mass is 333 g/mol. The van der Waals surface area contributed by atoms with E-state index in [-0.39, 0.29) is 5.92 Å². The molecule has 4 heteroatoms. The van der Waals surface area contributed by atoms with Crippen LogP contribution in [0.15, 0.2) is 42.5 Å². The average Bonchev–Trinajstić information content (AvgIpc) is 2.58. The first kappa shape index (κ1) is 17.6. The minimum Gasteiger partial charge on any atom is -0.496 e. The lowest BCUT2D eigenvalue weighted by atomic mass is 9.91. The second-order valence-electron chi connectivity index (χ2n) is 5.51. The topological polar surface area (TPSA) is 44.5 Å². The Balaban J connectivity index is 2.21. The van der Waals surface area contributed by atoms with Gasteiger partial charge in [0.15, 0.2) is 0 Å². The minimum absolute atomic E-state index is 0.188. The van der Waals surface area contributed by atoms with Crippen molar-refractivity contribution in [2.75, 3.05) is 20.3 Å². The van der Waals surface area contributed by atoms with Crippen LogP contribution >= 0.6 is 11.6 Å². The summed E-state index contributed by atoms with van der Waals surface area (Å²) in [5, 5.41) is 0.705. The Morgan fingerprint density at radius 2 is 2.00 bits per heavy atom. The number of nitrogens with two attached hydrogens (primary N) is 1. The molecular weight excluding hydrogens is 310 g/mol. The summed E-state index contributed by atoms with van der Waals surface area (Å²) < 4.78 is 11.2. The minimum atomic E-state index is 0.188. The van der Waals surface area contributed by atoms with Crippen LogP contribution in [0.1, 0.15) is 30.4 Å². The summed E-state index contributed by atoms with van der Waals surface area (Å²) in [5.74, 6) is 1.92. The van der Waals surface area contributed by atoms with Gasteiger partial charge in [-0.1, -0.05) is 30.7 Å². The van der Waals surface area contributed by atoms with E-state index in [9.17, 15) is 0 Å². The summed E-state index contributed by atoms with van der Waals surface area (Å²) in [4.78, 5) is 0. The van der Waals surface area contributed by atoms with Crippen molar-refractivity contribution in [3.8, 4) is 11.5 Å². The van der Waals surface area contributed by atoms with Crippen LogP contribution in [0.3, 0.4) is 0 Å². The smallest absolute Gasteiger partial charge is 0.122 e. The number of rotatable bonds is 8. The molecule has 0 saturated carbocycles. The predicted octanol–water partition coefficient (Wildman–Crippen LogP) is 4.42. The van der Waals surface area contributed by atoms with Crippen molar-refractivity contribution in [2.45, 2.75) is 25.7 Å². The van der Waals surface area contributed by atoms with E-state index in [0.717, 1.165) is 36.5 Å². The number of hydrogen-bond donors (Lipinski definition) is 1. The number of halogens is 1. The summed E-state index contributed by atoms with van der Waals surface area (Å²) >= 11 is 6.12. The van der Waals surface area contributed by atoms with Gasteiger partial charge in [-0.05, 0) is 60.8 Å². The first-order valence-electron chi connectivity index (χ1n) is 7.93. The quantitative estimate of drug-likeness (QED) is 0.777. The molecule has 1 atom stereocenters. The maximum atomic E-state index is 6.12. The summed E-state index contributed by atoms with van der Waals surface area (Å²) in [6.45, 7) is 3.36. The van der Waals surface area contributed by atoms with E-state index in [2.05, 4.69) is 19.1 Å². The molecule has 2 aromatic rings. The normalized spacial score (nSPS) is 12.0. The number of hydrogen-bond acceptors (Lipinski definition) is 3. The standard InChI is InChI=1S/C19H24ClNO2/c1-3-9-23-18-6-4-5-14(12-18)16(13-21)10-15-11-17(20)7-8-19(15)22-2/h4-8,11-12,16H,3,9-10,13,21H2,1-2H3. The molecule has 0 spiro atoms. The Morgan fingerprint density at radius 3 is 2.70 bits per heavy atom. The molecule has 0 amide bonds. The van der Waals surface area contributed by atoms with Gasteiger partial charge in [-0.3, -0.25) is 0 Å². The molecule has 0 aliphatic rings. The molecule has 23 heavy (non-hydrogen) atoms. The summed E-state index contributed by atoms with van der Waals surface area (Å²) in [5.41, 5.74) is 8.25. The maximum absolute atomic E-state index is 6.12. The van der Waals surface area contributed by atoms with E-state index in [1.54, 1.807) is 7.11 Å². The molecule has 0 fully saturated rings. The molecule has 0 aliphatic carbocycles. The maximum Gasteiger partial charge on any atom is 0.122 e. The van der Waals surface area contributed by atoms with E-state index in [1.807, 2.05) is 30.3 Å². The van der Waals surface area contributed by atoms with Gasteiger partial charge in [0.25, 0.3) is 0 Å². The Labute approximate surface area is 143 Å². The van der Waals surface area contributed by atoms with Crippen molar-refractivity contribution < 1.29 is 9.47 Å². The van der Waals surface area contributed by atoms with Crippen LogP contribution in [0.2, 0.25) is 5.02 Å². The van der Waals surface area contributed by atoms with Crippen LogP contribution in [0.25, 0.3) is 0 Å². The van der Waals surface area contributed by atoms with E-state index in [1.165, 1.54) is 5.56 Å². The van der Waals surface area contributed by atoms with Gasteiger partial charge < -0.3 is 15.2 Å². The predicted molar refractivity (Wildman–Crippen MR) is 95.7 cm³/mol.